The maximum atomic E-state index is 15.1. The molecule has 8 rings (SSSR count). The van der Waals surface area contributed by atoms with Gasteiger partial charge in [-0.15, -0.1) is 0 Å². The van der Waals surface area contributed by atoms with Crippen LogP contribution in [0.1, 0.15) is 98.5 Å². The van der Waals surface area contributed by atoms with Gasteiger partial charge in [-0.25, -0.2) is 13.1 Å². The fraction of sp³-hybridized carbons (Fsp3) is 0.543. The summed E-state index contributed by atoms with van der Waals surface area (Å²) < 4.78 is 29.9. The zero-order valence-electron chi connectivity index (χ0n) is 25.9. The second kappa shape index (κ2) is 9.91. The standard InChI is InChI=1S/C35H42N4O4S/c1-21(2)44(42,43)36-33(40)23-13-16-28-30(17-23)39-32(31(28)22-9-5-4-6-10-22)27-12-8-7-11-26(27)29-18-35(29,39)34(41)38-24-14-15-25(38)20-37(3)19-24/h7-8,11-13,16-17,21-22,24-25,29H,4-6,9-10,14-15,18-20H2,1-3H3,(H,36,40)/t24?,25?,29?,35-/m1/s1. The number of piperazine rings is 1. The Hall–Kier alpha value is -3.17. The number of likely N-dealkylation sites (N-methyl/N-ethyl adjacent to an activating group) is 1. The number of rotatable bonds is 5. The molecule has 2 bridgehead atoms. The van der Waals surface area contributed by atoms with Gasteiger partial charge in [0, 0.05) is 47.6 Å². The van der Waals surface area contributed by atoms with E-state index < -0.39 is 26.7 Å². The lowest BCUT2D eigenvalue weighted by molar-refractivity contribution is -0.142. The maximum Gasteiger partial charge on any atom is 0.264 e. The molecule has 44 heavy (non-hydrogen) atoms. The predicted molar refractivity (Wildman–Crippen MR) is 171 cm³/mol. The Morgan fingerprint density at radius 1 is 0.955 bits per heavy atom. The third-order valence-electron chi connectivity index (χ3n) is 11.3. The van der Waals surface area contributed by atoms with E-state index in [2.05, 4.69) is 50.4 Å². The number of nitrogens with zero attached hydrogens (tertiary/aromatic N) is 3. The molecule has 3 aliphatic heterocycles. The van der Waals surface area contributed by atoms with Gasteiger partial charge in [-0.05, 0) is 82.2 Å². The highest BCUT2D eigenvalue weighted by Crippen LogP contribution is 2.67. The Labute approximate surface area is 259 Å². The summed E-state index contributed by atoms with van der Waals surface area (Å²) in [6.07, 6.45) is 8.65. The minimum Gasteiger partial charge on any atom is -0.332 e. The van der Waals surface area contributed by atoms with E-state index >= 15 is 4.79 Å². The molecule has 0 spiro atoms. The minimum atomic E-state index is -3.79. The molecule has 2 saturated carbocycles. The second-order valence-corrected chi connectivity index (χ2v) is 16.5. The molecule has 2 saturated heterocycles. The van der Waals surface area contributed by atoms with Gasteiger partial charge in [-0.2, -0.15) is 0 Å². The number of likely N-dealkylation sites (tertiary alicyclic amines) is 1. The van der Waals surface area contributed by atoms with E-state index in [1.165, 1.54) is 36.0 Å². The second-order valence-electron chi connectivity index (χ2n) is 14.3. The van der Waals surface area contributed by atoms with Crippen LogP contribution >= 0.6 is 0 Å². The quantitative estimate of drug-likeness (QED) is 0.420. The van der Waals surface area contributed by atoms with Crippen molar-refractivity contribution >= 4 is 32.7 Å². The van der Waals surface area contributed by atoms with Crippen LogP contribution in [0, 0.1) is 0 Å². The van der Waals surface area contributed by atoms with E-state index in [-0.39, 0.29) is 23.9 Å². The topological polar surface area (TPSA) is 91.7 Å². The molecular weight excluding hydrogens is 572 g/mol. The molecule has 2 aliphatic carbocycles. The summed E-state index contributed by atoms with van der Waals surface area (Å²) in [5, 5.41) is 0.365. The van der Waals surface area contributed by atoms with Crippen molar-refractivity contribution in [2.45, 2.75) is 99.9 Å². The molecule has 2 amide bonds. The minimum absolute atomic E-state index is 0.0753. The average molecular weight is 615 g/mol. The van der Waals surface area contributed by atoms with Crippen LogP contribution in [0.2, 0.25) is 0 Å². The fourth-order valence-electron chi connectivity index (χ4n) is 9.13. The molecule has 1 N–H and O–H groups in total. The number of benzene rings is 2. The Morgan fingerprint density at radius 2 is 1.66 bits per heavy atom. The summed E-state index contributed by atoms with van der Waals surface area (Å²) in [5.74, 6) is 0.0461. The number of fused-ring (bicyclic) bond motifs is 10. The molecule has 8 nitrogen and oxygen atoms in total. The summed E-state index contributed by atoms with van der Waals surface area (Å²) in [6.45, 7) is 4.93. The molecule has 4 fully saturated rings. The lowest BCUT2D eigenvalue weighted by Gasteiger charge is -2.43. The van der Waals surface area contributed by atoms with Crippen LogP contribution in [0.25, 0.3) is 22.2 Å². The fourth-order valence-corrected chi connectivity index (χ4v) is 9.74. The molecule has 3 unspecified atom stereocenters. The number of hydrogen-bond donors (Lipinski definition) is 1. The number of sulfonamides is 1. The van der Waals surface area contributed by atoms with E-state index in [1.54, 1.807) is 19.9 Å². The van der Waals surface area contributed by atoms with Gasteiger partial charge in [0.2, 0.25) is 15.9 Å². The summed E-state index contributed by atoms with van der Waals surface area (Å²) in [6, 6.07) is 14.7. The number of carbonyl (C=O) groups is 2. The van der Waals surface area contributed by atoms with Gasteiger partial charge < -0.3 is 14.4 Å². The van der Waals surface area contributed by atoms with Gasteiger partial charge in [0.05, 0.1) is 16.5 Å². The van der Waals surface area contributed by atoms with Crippen LogP contribution in [0.3, 0.4) is 0 Å². The SMILES string of the molecule is CC(C)S(=O)(=O)NC(=O)c1ccc2c(C3CCCCC3)c3n(c2c1)[C@]1(C(=O)N2C4CCC2CN(C)C4)CC1c1ccccc1-3. The van der Waals surface area contributed by atoms with E-state index in [4.69, 9.17) is 0 Å². The van der Waals surface area contributed by atoms with Crippen LogP contribution in [0.5, 0.6) is 0 Å². The molecule has 2 aromatic carbocycles. The van der Waals surface area contributed by atoms with Crippen LogP contribution in [-0.2, 0) is 20.4 Å². The number of nitrogens with one attached hydrogen (secondary N) is 1. The number of aromatic nitrogens is 1. The molecule has 9 heteroatoms. The molecule has 5 aliphatic rings. The first-order valence-corrected chi connectivity index (χ1v) is 18.0. The molecular formula is C35H42N4O4S. The van der Waals surface area contributed by atoms with Gasteiger partial charge in [0.1, 0.15) is 5.54 Å². The van der Waals surface area contributed by atoms with Gasteiger partial charge in [0.15, 0.2) is 0 Å². The summed E-state index contributed by atoms with van der Waals surface area (Å²) in [7, 11) is -1.64. The molecule has 3 aromatic rings. The highest BCUT2D eigenvalue weighted by molar-refractivity contribution is 7.90. The van der Waals surface area contributed by atoms with Crippen LogP contribution in [-0.4, -0.2) is 72.1 Å². The van der Waals surface area contributed by atoms with E-state index in [1.807, 2.05) is 12.1 Å². The lowest BCUT2D eigenvalue weighted by Crippen LogP contribution is -2.58. The highest BCUT2D eigenvalue weighted by atomic mass is 32.2. The Morgan fingerprint density at radius 3 is 2.36 bits per heavy atom. The molecule has 0 radical (unpaired) electrons. The van der Waals surface area contributed by atoms with Crippen molar-refractivity contribution in [3.63, 3.8) is 0 Å². The zero-order valence-corrected chi connectivity index (χ0v) is 26.7. The largest absolute Gasteiger partial charge is 0.332 e. The molecule has 232 valence electrons. The first-order valence-electron chi connectivity index (χ1n) is 16.5. The normalized spacial score (nSPS) is 28.1. The first kappa shape index (κ1) is 28.3. The van der Waals surface area contributed by atoms with E-state index in [9.17, 15) is 13.2 Å². The van der Waals surface area contributed by atoms with Crippen molar-refractivity contribution in [3.05, 3.63) is 59.2 Å². The van der Waals surface area contributed by atoms with Crippen molar-refractivity contribution in [1.29, 1.82) is 0 Å². The summed E-state index contributed by atoms with van der Waals surface area (Å²) in [5.41, 5.74) is 5.34. The Bertz CT molecular complexity index is 1790. The predicted octanol–water partition coefficient (Wildman–Crippen LogP) is 5.33. The van der Waals surface area contributed by atoms with Crippen LogP contribution < -0.4 is 4.72 Å². The van der Waals surface area contributed by atoms with Gasteiger partial charge in [-0.1, -0.05) is 49.6 Å². The smallest absolute Gasteiger partial charge is 0.264 e. The van der Waals surface area contributed by atoms with E-state index in [0.717, 1.165) is 61.8 Å². The number of amides is 2. The number of carbonyl (C=O) groups excluding carboxylic acids is 2. The monoisotopic (exact) mass is 614 g/mol. The van der Waals surface area contributed by atoms with E-state index in [0.29, 0.717) is 11.5 Å². The maximum absolute atomic E-state index is 15.1. The lowest BCUT2D eigenvalue weighted by atomic mass is 9.80. The van der Waals surface area contributed by atoms with Gasteiger partial charge >= 0.3 is 0 Å². The summed E-state index contributed by atoms with van der Waals surface area (Å²) >= 11 is 0. The van der Waals surface area contributed by atoms with Crippen molar-refractivity contribution in [2.24, 2.45) is 0 Å². The third kappa shape index (κ3) is 4.00. The van der Waals surface area contributed by atoms with Crippen molar-refractivity contribution in [3.8, 4) is 11.3 Å². The van der Waals surface area contributed by atoms with Crippen molar-refractivity contribution in [1.82, 2.24) is 19.1 Å². The van der Waals surface area contributed by atoms with Gasteiger partial charge in [-0.3, -0.25) is 9.59 Å². The van der Waals surface area contributed by atoms with Crippen molar-refractivity contribution < 1.29 is 18.0 Å². The molecule has 1 aromatic heterocycles. The third-order valence-corrected chi connectivity index (χ3v) is 13.0. The zero-order chi connectivity index (χ0) is 30.5. The molecule has 4 heterocycles. The van der Waals surface area contributed by atoms with Gasteiger partial charge in [0.25, 0.3) is 5.91 Å². The summed E-state index contributed by atoms with van der Waals surface area (Å²) in [4.78, 5) is 33.1. The molecule has 4 atom stereocenters. The average Bonchev–Trinajstić information content (AvgIpc) is 3.59. The van der Waals surface area contributed by atoms with Crippen LogP contribution in [0.4, 0.5) is 0 Å². The van der Waals surface area contributed by atoms with Crippen molar-refractivity contribution in [2.75, 3.05) is 20.1 Å². The Balaban J connectivity index is 1.35. The Kier molecular flexibility index (Phi) is 6.38. The first-order chi connectivity index (χ1) is 21.1. The highest BCUT2D eigenvalue weighted by Gasteiger charge is 2.68. The van der Waals surface area contributed by atoms with Crippen LogP contribution in [0.15, 0.2) is 42.5 Å². The number of hydrogen-bond acceptors (Lipinski definition) is 5.